The van der Waals surface area contributed by atoms with Gasteiger partial charge in [-0.3, -0.25) is 0 Å². The standard InChI is InChI=1S/C15H16O8/c1-21-13(18)5-6-14(19)22-8-7-12(17)15(20)23-11-4-2-3-10(16)9-11/h2-6,9,12,16-17H,7-8H2,1H3/b6-5-. The fourth-order valence-corrected chi connectivity index (χ4v) is 1.37. The van der Waals surface area contributed by atoms with Crippen LogP contribution in [0.1, 0.15) is 6.42 Å². The highest BCUT2D eigenvalue weighted by Gasteiger charge is 2.18. The Morgan fingerprint density at radius 1 is 1.22 bits per heavy atom. The first-order valence-corrected chi connectivity index (χ1v) is 6.54. The number of rotatable bonds is 7. The van der Waals surface area contributed by atoms with Crippen LogP contribution in [0.15, 0.2) is 36.4 Å². The molecule has 0 amide bonds. The van der Waals surface area contributed by atoms with Crippen LogP contribution in [0.25, 0.3) is 0 Å². The third-order valence-corrected chi connectivity index (χ3v) is 2.50. The van der Waals surface area contributed by atoms with E-state index in [1.807, 2.05) is 0 Å². The van der Waals surface area contributed by atoms with Gasteiger partial charge in [-0.25, -0.2) is 14.4 Å². The van der Waals surface area contributed by atoms with Gasteiger partial charge in [0.2, 0.25) is 0 Å². The van der Waals surface area contributed by atoms with E-state index >= 15 is 0 Å². The Hall–Kier alpha value is -2.87. The molecule has 0 aliphatic rings. The van der Waals surface area contributed by atoms with Crippen molar-refractivity contribution in [3.63, 3.8) is 0 Å². The molecule has 8 heteroatoms. The maximum absolute atomic E-state index is 11.6. The number of phenolic OH excluding ortho intramolecular Hbond substituents is 1. The van der Waals surface area contributed by atoms with Gasteiger partial charge in [-0.05, 0) is 12.1 Å². The maximum atomic E-state index is 11.6. The minimum atomic E-state index is -1.50. The minimum absolute atomic E-state index is 0.0760. The van der Waals surface area contributed by atoms with Crippen molar-refractivity contribution in [3.05, 3.63) is 36.4 Å². The molecule has 124 valence electrons. The molecule has 1 aromatic carbocycles. The molecule has 23 heavy (non-hydrogen) atoms. The number of carbonyl (C=O) groups is 3. The summed E-state index contributed by atoms with van der Waals surface area (Å²) in [4.78, 5) is 33.5. The molecule has 1 aromatic rings. The predicted molar refractivity (Wildman–Crippen MR) is 76.5 cm³/mol. The Balaban J connectivity index is 2.34. The summed E-state index contributed by atoms with van der Waals surface area (Å²) < 4.78 is 13.8. The van der Waals surface area contributed by atoms with Crippen molar-refractivity contribution in [1.82, 2.24) is 0 Å². The molecule has 0 heterocycles. The Morgan fingerprint density at radius 2 is 1.91 bits per heavy atom. The van der Waals surface area contributed by atoms with Gasteiger partial charge in [0.25, 0.3) is 0 Å². The molecule has 1 unspecified atom stereocenters. The molecule has 0 fully saturated rings. The molecule has 0 aliphatic carbocycles. The molecular formula is C15H16O8. The van der Waals surface area contributed by atoms with Gasteiger partial charge >= 0.3 is 17.9 Å². The van der Waals surface area contributed by atoms with E-state index in [1.54, 1.807) is 0 Å². The first kappa shape index (κ1) is 18.2. The van der Waals surface area contributed by atoms with Crippen LogP contribution in [0.4, 0.5) is 0 Å². The average Bonchev–Trinajstić information content (AvgIpc) is 2.52. The van der Waals surface area contributed by atoms with Crippen LogP contribution >= 0.6 is 0 Å². The SMILES string of the molecule is COC(=O)/C=C\C(=O)OCCC(O)C(=O)Oc1cccc(O)c1. The monoisotopic (exact) mass is 324 g/mol. The Labute approximate surface area is 131 Å². The summed E-state index contributed by atoms with van der Waals surface area (Å²) in [6.07, 6.45) is 0.0583. The van der Waals surface area contributed by atoms with E-state index in [4.69, 9.17) is 4.74 Å². The second-order valence-electron chi connectivity index (χ2n) is 4.25. The molecule has 1 atom stereocenters. The second-order valence-corrected chi connectivity index (χ2v) is 4.25. The van der Waals surface area contributed by atoms with E-state index in [0.717, 1.165) is 19.3 Å². The van der Waals surface area contributed by atoms with E-state index in [2.05, 4.69) is 9.47 Å². The number of esters is 3. The maximum Gasteiger partial charge on any atom is 0.340 e. The first-order chi connectivity index (χ1) is 10.9. The van der Waals surface area contributed by atoms with Gasteiger partial charge < -0.3 is 24.4 Å². The molecule has 0 aliphatic heterocycles. The lowest BCUT2D eigenvalue weighted by Gasteiger charge is -2.10. The average molecular weight is 324 g/mol. The van der Waals surface area contributed by atoms with Crippen molar-refractivity contribution in [2.24, 2.45) is 0 Å². The number of aliphatic hydroxyl groups excluding tert-OH is 1. The lowest BCUT2D eigenvalue weighted by molar-refractivity contribution is -0.147. The fraction of sp³-hybridized carbons (Fsp3) is 0.267. The summed E-state index contributed by atoms with van der Waals surface area (Å²) in [6, 6.07) is 5.51. The number of hydrogen-bond donors (Lipinski definition) is 2. The summed E-state index contributed by atoms with van der Waals surface area (Å²) in [5.41, 5.74) is 0. The van der Waals surface area contributed by atoms with Crippen LogP contribution in [-0.2, 0) is 23.9 Å². The van der Waals surface area contributed by atoms with E-state index < -0.39 is 24.0 Å². The van der Waals surface area contributed by atoms with E-state index in [0.29, 0.717) is 0 Å². The zero-order valence-electron chi connectivity index (χ0n) is 12.3. The summed E-state index contributed by atoms with van der Waals surface area (Å²) in [5, 5.41) is 18.8. The number of aliphatic hydroxyl groups is 1. The molecule has 0 bridgehead atoms. The topological polar surface area (TPSA) is 119 Å². The van der Waals surface area contributed by atoms with Crippen molar-refractivity contribution in [3.8, 4) is 11.5 Å². The largest absolute Gasteiger partial charge is 0.508 e. The first-order valence-electron chi connectivity index (χ1n) is 6.54. The Morgan fingerprint density at radius 3 is 2.57 bits per heavy atom. The second kappa shape index (κ2) is 9.21. The van der Waals surface area contributed by atoms with Gasteiger partial charge in [0.15, 0.2) is 6.10 Å². The van der Waals surface area contributed by atoms with Crippen LogP contribution in [0.3, 0.4) is 0 Å². The number of aromatic hydroxyl groups is 1. The van der Waals surface area contributed by atoms with Gasteiger partial charge in [0, 0.05) is 24.6 Å². The van der Waals surface area contributed by atoms with E-state index in [-0.39, 0.29) is 24.5 Å². The summed E-state index contributed by atoms with van der Waals surface area (Å²) >= 11 is 0. The van der Waals surface area contributed by atoms with Gasteiger partial charge in [0.05, 0.1) is 13.7 Å². The molecule has 0 spiro atoms. The zero-order chi connectivity index (χ0) is 17.2. The highest BCUT2D eigenvalue weighted by atomic mass is 16.6. The molecule has 2 N–H and O–H groups in total. The Bertz CT molecular complexity index is 593. The number of benzene rings is 1. The zero-order valence-corrected chi connectivity index (χ0v) is 12.3. The fourth-order valence-electron chi connectivity index (χ4n) is 1.37. The predicted octanol–water partition coefficient (Wildman–Crippen LogP) is 0.321. The lowest BCUT2D eigenvalue weighted by Crippen LogP contribution is -2.27. The summed E-state index contributed by atoms with van der Waals surface area (Å²) in [5.74, 6) is -2.49. The summed E-state index contributed by atoms with van der Waals surface area (Å²) in [6.45, 7) is -0.249. The molecule has 8 nitrogen and oxygen atoms in total. The third-order valence-electron chi connectivity index (χ3n) is 2.50. The third kappa shape index (κ3) is 7.09. The van der Waals surface area contributed by atoms with Gasteiger partial charge in [-0.15, -0.1) is 0 Å². The minimum Gasteiger partial charge on any atom is -0.508 e. The van der Waals surface area contributed by atoms with Crippen LogP contribution < -0.4 is 4.74 Å². The quantitative estimate of drug-likeness (QED) is 0.418. The number of phenols is 1. The van der Waals surface area contributed by atoms with Crippen LogP contribution in [0.5, 0.6) is 11.5 Å². The molecule has 0 saturated heterocycles. The highest BCUT2D eigenvalue weighted by molar-refractivity contribution is 5.91. The van der Waals surface area contributed by atoms with Gasteiger partial charge in [-0.2, -0.15) is 0 Å². The van der Waals surface area contributed by atoms with Gasteiger partial charge in [0.1, 0.15) is 11.5 Å². The molecule has 0 saturated carbocycles. The van der Waals surface area contributed by atoms with Crippen molar-refractivity contribution >= 4 is 17.9 Å². The smallest absolute Gasteiger partial charge is 0.340 e. The lowest BCUT2D eigenvalue weighted by atomic mass is 10.2. The normalized spacial score (nSPS) is 11.7. The van der Waals surface area contributed by atoms with E-state index in [9.17, 15) is 24.6 Å². The van der Waals surface area contributed by atoms with Crippen molar-refractivity contribution < 1.29 is 38.8 Å². The van der Waals surface area contributed by atoms with Crippen LogP contribution in [0, 0.1) is 0 Å². The number of carbonyl (C=O) groups excluding carboxylic acids is 3. The van der Waals surface area contributed by atoms with Crippen LogP contribution in [-0.4, -0.2) is 47.9 Å². The molecule has 1 rings (SSSR count). The van der Waals surface area contributed by atoms with Crippen LogP contribution in [0.2, 0.25) is 0 Å². The molecular weight excluding hydrogens is 308 g/mol. The number of hydrogen-bond acceptors (Lipinski definition) is 8. The highest BCUT2D eigenvalue weighted by Crippen LogP contribution is 2.18. The molecule has 0 radical (unpaired) electrons. The number of methoxy groups -OCH3 is 1. The van der Waals surface area contributed by atoms with Crippen molar-refractivity contribution in [2.75, 3.05) is 13.7 Å². The number of ether oxygens (including phenoxy) is 3. The molecule has 0 aromatic heterocycles. The summed E-state index contributed by atoms with van der Waals surface area (Å²) in [7, 11) is 1.16. The van der Waals surface area contributed by atoms with Gasteiger partial charge in [-0.1, -0.05) is 6.07 Å². The van der Waals surface area contributed by atoms with Crippen molar-refractivity contribution in [2.45, 2.75) is 12.5 Å². The Kier molecular flexibility index (Phi) is 7.28. The van der Waals surface area contributed by atoms with E-state index in [1.165, 1.54) is 24.3 Å². The van der Waals surface area contributed by atoms with Crippen molar-refractivity contribution in [1.29, 1.82) is 0 Å².